The van der Waals surface area contributed by atoms with Crippen LogP contribution in [-0.4, -0.2) is 9.78 Å². The number of benzene rings is 1. The molecule has 74 valence electrons. The number of aromatic nitrogens is 2. The number of rotatable bonds is 1. The quantitative estimate of drug-likeness (QED) is 0.672. The first kappa shape index (κ1) is 9.25. The maximum atomic E-state index is 4.41. The lowest BCUT2D eigenvalue weighted by Crippen LogP contribution is -1.92. The molecule has 0 unspecified atom stereocenters. The summed E-state index contributed by atoms with van der Waals surface area (Å²) in [4.78, 5) is 0. The molecule has 0 fully saturated rings. The second-order valence-electron chi connectivity index (χ2n) is 4.19. The minimum Gasteiger partial charge on any atom is -0.275 e. The van der Waals surface area contributed by atoms with Gasteiger partial charge in [-0.15, -0.1) is 0 Å². The minimum atomic E-state index is 0.558. The number of aryl methyl sites for hydroxylation is 2. The predicted octanol–water partition coefficient (Wildman–Crippen LogP) is 3.01. The van der Waals surface area contributed by atoms with Crippen LogP contribution in [0.1, 0.15) is 30.9 Å². The molecule has 0 aliphatic carbocycles. The van der Waals surface area contributed by atoms with E-state index in [1.54, 1.807) is 0 Å². The first-order chi connectivity index (χ1) is 6.59. The zero-order valence-electron chi connectivity index (χ0n) is 9.20. The number of nitrogens with zero attached hydrogens (tertiary/aromatic N) is 2. The second kappa shape index (κ2) is 3.12. The van der Waals surface area contributed by atoms with Gasteiger partial charge in [-0.2, -0.15) is 5.10 Å². The van der Waals surface area contributed by atoms with Crippen molar-refractivity contribution in [3.05, 3.63) is 29.5 Å². The van der Waals surface area contributed by atoms with E-state index in [4.69, 9.17) is 0 Å². The molecule has 0 saturated heterocycles. The molecule has 0 radical (unpaired) electrons. The van der Waals surface area contributed by atoms with Gasteiger partial charge in [0.2, 0.25) is 0 Å². The summed E-state index contributed by atoms with van der Waals surface area (Å²) in [5.41, 5.74) is 3.89. The van der Waals surface area contributed by atoms with Gasteiger partial charge in [-0.05, 0) is 30.0 Å². The maximum Gasteiger partial charge on any atom is 0.0926 e. The van der Waals surface area contributed by atoms with Crippen molar-refractivity contribution in [1.82, 2.24) is 9.78 Å². The highest BCUT2D eigenvalue weighted by molar-refractivity contribution is 5.83. The summed E-state index contributed by atoms with van der Waals surface area (Å²) < 4.78 is 1.88. The van der Waals surface area contributed by atoms with Gasteiger partial charge in [0.1, 0.15) is 0 Å². The molecule has 14 heavy (non-hydrogen) atoms. The average molecular weight is 188 g/mol. The van der Waals surface area contributed by atoms with Crippen LogP contribution in [0.25, 0.3) is 10.9 Å². The number of fused-ring (bicyclic) bond motifs is 1. The third-order valence-electron chi connectivity index (χ3n) is 2.64. The number of hydrogen-bond acceptors (Lipinski definition) is 1. The lowest BCUT2D eigenvalue weighted by molar-refractivity contribution is 0.779. The highest BCUT2D eigenvalue weighted by Crippen LogP contribution is 2.27. The van der Waals surface area contributed by atoms with Crippen LogP contribution >= 0.6 is 0 Å². The molecule has 2 aromatic rings. The van der Waals surface area contributed by atoms with Crippen molar-refractivity contribution < 1.29 is 0 Å². The molecule has 2 rings (SSSR count). The average Bonchev–Trinajstić information content (AvgIpc) is 2.43. The van der Waals surface area contributed by atoms with Gasteiger partial charge in [-0.1, -0.05) is 19.9 Å². The van der Waals surface area contributed by atoms with E-state index in [2.05, 4.69) is 44.2 Å². The van der Waals surface area contributed by atoms with Gasteiger partial charge >= 0.3 is 0 Å². The highest BCUT2D eigenvalue weighted by Gasteiger charge is 2.10. The molecule has 0 amide bonds. The Hall–Kier alpha value is -1.31. The zero-order chi connectivity index (χ0) is 10.3. The molecule has 1 aromatic carbocycles. The summed E-state index contributed by atoms with van der Waals surface area (Å²) in [5.74, 6) is 0.558. The number of hydrogen-bond donors (Lipinski definition) is 0. The van der Waals surface area contributed by atoms with Crippen molar-refractivity contribution in [2.24, 2.45) is 7.05 Å². The third kappa shape index (κ3) is 1.31. The Morgan fingerprint density at radius 3 is 2.64 bits per heavy atom. The molecular formula is C12H16N2. The fourth-order valence-electron chi connectivity index (χ4n) is 2.11. The van der Waals surface area contributed by atoms with E-state index < -0.39 is 0 Å². The van der Waals surface area contributed by atoms with Crippen molar-refractivity contribution in [1.29, 1.82) is 0 Å². The van der Waals surface area contributed by atoms with Crippen LogP contribution in [0.5, 0.6) is 0 Å². The maximum absolute atomic E-state index is 4.41. The van der Waals surface area contributed by atoms with Gasteiger partial charge in [-0.3, -0.25) is 4.68 Å². The summed E-state index contributed by atoms with van der Waals surface area (Å²) in [5, 5.41) is 5.71. The van der Waals surface area contributed by atoms with E-state index >= 15 is 0 Å². The summed E-state index contributed by atoms with van der Waals surface area (Å²) in [6.45, 7) is 6.63. The van der Waals surface area contributed by atoms with E-state index in [9.17, 15) is 0 Å². The molecule has 0 aliphatic heterocycles. The van der Waals surface area contributed by atoms with Crippen LogP contribution < -0.4 is 0 Å². The van der Waals surface area contributed by atoms with Crippen LogP contribution in [0.4, 0.5) is 0 Å². The Morgan fingerprint density at radius 1 is 1.29 bits per heavy atom. The Balaban J connectivity index is 2.82. The van der Waals surface area contributed by atoms with E-state index in [0.29, 0.717) is 5.92 Å². The molecule has 0 spiro atoms. The van der Waals surface area contributed by atoms with Crippen LogP contribution in [0.3, 0.4) is 0 Å². The standard InChI is InChI=1S/C12H16N2/c1-8(2)12-9(3)5-6-11-10(12)7-14(4)13-11/h5-8H,1-4H3. The molecule has 2 heteroatoms. The SMILES string of the molecule is Cc1ccc2nn(C)cc2c1C(C)C. The van der Waals surface area contributed by atoms with Crippen molar-refractivity contribution in [2.45, 2.75) is 26.7 Å². The predicted molar refractivity (Wildman–Crippen MR) is 59.5 cm³/mol. The molecule has 1 heterocycles. The lowest BCUT2D eigenvalue weighted by Gasteiger charge is -2.10. The molecule has 0 aliphatic rings. The second-order valence-corrected chi connectivity index (χ2v) is 4.19. The normalized spacial score (nSPS) is 11.5. The Kier molecular flexibility index (Phi) is 2.06. The highest BCUT2D eigenvalue weighted by atomic mass is 15.2. The van der Waals surface area contributed by atoms with E-state index in [1.165, 1.54) is 16.5 Å². The third-order valence-corrected chi connectivity index (χ3v) is 2.64. The van der Waals surface area contributed by atoms with Crippen LogP contribution in [0.15, 0.2) is 18.3 Å². The Morgan fingerprint density at radius 2 is 2.00 bits per heavy atom. The van der Waals surface area contributed by atoms with Crippen molar-refractivity contribution in [3.63, 3.8) is 0 Å². The monoisotopic (exact) mass is 188 g/mol. The van der Waals surface area contributed by atoms with Crippen molar-refractivity contribution >= 4 is 10.9 Å². The minimum absolute atomic E-state index is 0.558. The summed E-state index contributed by atoms with van der Waals surface area (Å²) in [6, 6.07) is 4.25. The van der Waals surface area contributed by atoms with Crippen molar-refractivity contribution in [3.8, 4) is 0 Å². The molecule has 2 nitrogen and oxygen atoms in total. The van der Waals surface area contributed by atoms with Gasteiger partial charge in [0, 0.05) is 18.6 Å². The van der Waals surface area contributed by atoms with E-state index in [-0.39, 0.29) is 0 Å². The van der Waals surface area contributed by atoms with Crippen molar-refractivity contribution in [2.75, 3.05) is 0 Å². The smallest absolute Gasteiger partial charge is 0.0926 e. The van der Waals surface area contributed by atoms with Gasteiger partial charge in [0.05, 0.1) is 5.52 Å². The molecule has 0 bridgehead atoms. The van der Waals surface area contributed by atoms with Crippen LogP contribution in [0.2, 0.25) is 0 Å². The fourth-order valence-corrected chi connectivity index (χ4v) is 2.11. The Bertz CT molecular complexity index is 466. The van der Waals surface area contributed by atoms with Crippen LogP contribution in [0, 0.1) is 6.92 Å². The molecular weight excluding hydrogens is 172 g/mol. The first-order valence-corrected chi connectivity index (χ1v) is 5.02. The zero-order valence-corrected chi connectivity index (χ0v) is 9.20. The summed E-state index contributed by atoms with van der Waals surface area (Å²) >= 11 is 0. The largest absolute Gasteiger partial charge is 0.275 e. The van der Waals surface area contributed by atoms with E-state index in [1.807, 2.05) is 11.7 Å². The summed E-state index contributed by atoms with van der Waals surface area (Å²) in [6.07, 6.45) is 2.11. The molecule has 1 aromatic heterocycles. The summed E-state index contributed by atoms with van der Waals surface area (Å²) in [7, 11) is 1.97. The van der Waals surface area contributed by atoms with E-state index in [0.717, 1.165) is 5.52 Å². The van der Waals surface area contributed by atoms with Gasteiger partial charge < -0.3 is 0 Å². The molecule has 0 saturated carbocycles. The molecule has 0 atom stereocenters. The van der Waals surface area contributed by atoms with Gasteiger partial charge in [-0.25, -0.2) is 0 Å². The van der Waals surface area contributed by atoms with Crippen LogP contribution in [-0.2, 0) is 7.05 Å². The van der Waals surface area contributed by atoms with Gasteiger partial charge in [0.25, 0.3) is 0 Å². The topological polar surface area (TPSA) is 17.8 Å². The Labute approximate surface area is 84.5 Å². The lowest BCUT2D eigenvalue weighted by atomic mass is 9.95. The fraction of sp³-hybridized carbons (Fsp3) is 0.417. The molecule has 0 N–H and O–H groups in total. The first-order valence-electron chi connectivity index (χ1n) is 5.02. The van der Waals surface area contributed by atoms with Gasteiger partial charge in [0.15, 0.2) is 0 Å².